The van der Waals surface area contributed by atoms with Gasteiger partial charge in [-0.05, 0) is 32.7 Å². The van der Waals surface area contributed by atoms with Crippen LogP contribution in [0.3, 0.4) is 0 Å². The number of rotatable bonds is 6. The Labute approximate surface area is 98.2 Å². The Balaban J connectivity index is 2.27. The first-order valence-electron chi connectivity index (χ1n) is 6.12. The van der Waals surface area contributed by atoms with Crippen LogP contribution in [0, 0.1) is 5.92 Å². The van der Waals surface area contributed by atoms with E-state index in [1.165, 1.54) is 25.7 Å². The van der Waals surface area contributed by atoms with E-state index in [0.29, 0.717) is 11.3 Å². The summed E-state index contributed by atoms with van der Waals surface area (Å²) in [4.78, 5) is 0. The quantitative estimate of drug-likeness (QED) is 0.735. The summed E-state index contributed by atoms with van der Waals surface area (Å²) in [6, 6.07) is 0.638. The van der Waals surface area contributed by atoms with Crippen LogP contribution in [0.5, 0.6) is 0 Å². The fourth-order valence-corrected chi connectivity index (χ4v) is 3.44. The summed E-state index contributed by atoms with van der Waals surface area (Å²) in [5.74, 6) is 2.00. The van der Waals surface area contributed by atoms with E-state index >= 15 is 0 Å². The highest BCUT2D eigenvalue weighted by Crippen LogP contribution is 2.30. The molecule has 0 aromatic carbocycles. The maximum absolute atomic E-state index is 9.43. The second-order valence-electron chi connectivity index (χ2n) is 4.72. The molecule has 1 aliphatic carbocycles. The van der Waals surface area contributed by atoms with Gasteiger partial charge in [-0.15, -0.1) is 0 Å². The molecule has 0 bridgehead atoms. The lowest BCUT2D eigenvalue weighted by molar-refractivity contribution is 0.196. The third kappa shape index (κ3) is 4.33. The molecule has 0 heterocycles. The molecule has 0 saturated heterocycles. The highest BCUT2D eigenvalue weighted by atomic mass is 32.2. The molecule has 1 rings (SSSR count). The van der Waals surface area contributed by atoms with Gasteiger partial charge in [-0.3, -0.25) is 0 Å². The van der Waals surface area contributed by atoms with Gasteiger partial charge in [0.15, 0.2) is 0 Å². The van der Waals surface area contributed by atoms with Crippen LogP contribution >= 0.6 is 11.8 Å². The van der Waals surface area contributed by atoms with Crippen molar-refractivity contribution in [2.75, 3.05) is 12.8 Å². The highest BCUT2D eigenvalue weighted by Gasteiger charge is 2.24. The van der Waals surface area contributed by atoms with Crippen LogP contribution < -0.4 is 5.32 Å². The molecule has 15 heavy (non-hydrogen) atoms. The first-order valence-corrected chi connectivity index (χ1v) is 7.17. The molecule has 3 atom stereocenters. The smallest absolute Gasteiger partial charge is 0.0628 e. The lowest BCUT2D eigenvalue weighted by Gasteiger charge is -2.24. The van der Waals surface area contributed by atoms with Crippen LogP contribution in [0.4, 0.5) is 0 Å². The molecule has 0 amide bonds. The van der Waals surface area contributed by atoms with Crippen molar-refractivity contribution in [3.05, 3.63) is 0 Å². The van der Waals surface area contributed by atoms with Gasteiger partial charge in [0.05, 0.1) is 6.10 Å². The normalized spacial score (nSPS) is 24.0. The van der Waals surface area contributed by atoms with E-state index < -0.39 is 0 Å². The van der Waals surface area contributed by atoms with E-state index in [-0.39, 0.29) is 6.10 Å². The van der Waals surface area contributed by atoms with Gasteiger partial charge in [0, 0.05) is 17.0 Å². The molecule has 0 aromatic rings. The Morgan fingerprint density at radius 1 is 1.33 bits per heavy atom. The lowest BCUT2D eigenvalue weighted by atomic mass is 10.0. The molecule has 0 aliphatic heterocycles. The number of hydrogen-bond donors (Lipinski definition) is 2. The van der Waals surface area contributed by atoms with E-state index in [2.05, 4.69) is 19.3 Å². The minimum atomic E-state index is -0.198. The van der Waals surface area contributed by atoms with Crippen molar-refractivity contribution >= 4 is 11.8 Å². The number of hydrogen-bond acceptors (Lipinski definition) is 3. The molecular weight excluding hydrogens is 206 g/mol. The van der Waals surface area contributed by atoms with Gasteiger partial charge in [-0.25, -0.2) is 0 Å². The third-order valence-electron chi connectivity index (χ3n) is 3.56. The topological polar surface area (TPSA) is 32.3 Å². The van der Waals surface area contributed by atoms with E-state index in [0.717, 1.165) is 11.7 Å². The van der Waals surface area contributed by atoms with Crippen LogP contribution in [0.1, 0.15) is 39.5 Å². The minimum absolute atomic E-state index is 0.198. The fraction of sp³-hybridized carbons (Fsp3) is 1.00. The van der Waals surface area contributed by atoms with Crippen LogP contribution in [0.15, 0.2) is 0 Å². The van der Waals surface area contributed by atoms with Crippen molar-refractivity contribution in [1.82, 2.24) is 5.32 Å². The Bertz CT molecular complexity index is 169. The Morgan fingerprint density at radius 3 is 2.40 bits per heavy atom. The molecule has 0 aromatic heterocycles. The summed E-state index contributed by atoms with van der Waals surface area (Å²) in [6.45, 7) is 3.98. The second-order valence-corrected chi connectivity index (χ2v) is 6.13. The number of aliphatic hydroxyl groups is 1. The van der Waals surface area contributed by atoms with Crippen LogP contribution in [-0.2, 0) is 0 Å². The molecule has 3 unspecified atom stereocenters. The highest BCUT2D eigenvalue weighted by molar-refractivity contribution is 7.99. The van der Waals surface area contributed by atoms with Crippen molar-refractivity contribution in [1.29, 1.82) is 0 Å². The predicted molar refractivity (Wildman–Crippen MR) is 68.4 cm³/mol. The number of nitrogens with one attached hydrogen (secondary N) is 1. The van der Waals surface area contributed by atoms with Crippen molar-refractivity contribution < 1.29 is 5.11 Å². The monoisotopic (exact) mass is 231 g/mol. The first-order chi connectivity index (χ1) is 7.15. The molecule has 1 aliphatic rings. The van der Waals surface area contributed by atoms with E-state index in [1.54, 1.807) is 0 Å². The van der Waals surface area contributed by atoms with E-state index in [4.69, 9.17) is 0 Å². The molecule has 1 fully saturated rings. The Kier molecular flexibility index (Phi) is 6.02. The first kappa shape index (κ1) is 13.3. The Morgan fingerprint density at radius 2 is 1.93 bits per heavy atom. The largest absolute Gasteiger partial charge is 0.392 e. The van der Waals surface area contributed by atoms with E-state index in [9.17, 15) is 5.11 Å². The maximum Gasteiger partial charge on any atom is 0.0628 e. The zero-order chi connectivity index (χ0) is 11.3. The summed E-state index contributed by atoms with van der Waals surface area (Å²) >= 11 is 1.89. The predicted octanol–water partition coefficient (Wildman–Crippen LogP) is 2.27. The Hall–Kier alpha value is 0.270. The van der Waals surface area contributed by atoms with Crippen molar-refractivity contribution in [3.63, 3.8) is 0 Å². The van der Waals surface area contributed by atoms with Gasteiger partial charge in [-0.2, -0.15) is 11.8 Å². The lowest BCUT2D eigenvalue weighted by Crippen LogP contribution is -2.35. The molecular formula is C12H25NOS. The van der Waals surface area contributed by atoms with Crippen molar-refractivity contribution in [2.24, 2.45) is 5.92 Å². The van der Waals surface area contributed by atoms with E-state index in [1.807, 2.05) is 18.7 Å². The molecule has 2 nitrogen and oxygen atoms in total. The van der Waals surface area contributed by atoms with Crippen LogP contribution in [0.2, 0.25) is 0 Å². The third-order valence-corrected chi connectivity index (χ3v) is 5.03. The molecule has 3 heteroatoms. The summed E-state index contributed by atoms with van der Waals surface area (Å²) in [6.07, 6.45) is 5.37. The average molecular weight is 231 g/mol. The molecule has 90 valence electrons. The van der Waals surface area contributed by atoms with Gasteiger partial charge in [-0.1, -0.05) is 19.8 Å². The maximum atomic E-state index is 9.43. The second kappa shape index (κ2) is 6.77. The zero-order valence-corrected chi connectivity index (χ0v) is 11.0. The minimum Gasteiger partial charge on any atom is -0.392 e. The number of thioether (sulfide) groups is 1. The van der Waals surface area contributed by atoms with Gasteiger partial charge >= 0.3 is 0 Å². The summed E-state index contributed by atoms with van der Waals surface area (Å²) in [5, 5.41) is 13.2. The zero-order valence-electron chi connectivity index (χ0n) is 10.2. The van der Waals surface area contributed by atoms with Gasteiger partial charge < -0.3 is 10.4 Å². The SMILES string of the molecule is CNC(CSC(C)C(C)O)C1CCCC1. The summed E-state index contributed by atoms with van der Waals surface area (Å²) in [5.41, 5.74) is 0. The van der Waals surface area contributed by atoms with Gasteiger partial charge in [0.25, 0.3) is 0 Å². The summed E-state index contributed by atoms with van der Waals surface area (Å²) < 4.78 is 0. The van der Waals surface area contributed by atoms with Crippen LogP contribution in [0.25, 0.3) is 0 Å². The number of aliphatic hydroxyl groups excluding tert-OH is 1. The van der Waals surface area contributed by atoms with Crippen molar-refractivity contribution in [2.45, 2.75) is 56.9 Å². The molecule has 0 radical (unpaired) electrons. The van der Waals surface area contributed by atoms with Crippen LogP contribution in [-0.4, -0.2) is 35.3 Å². The van der Waals surface area contributed by atoms with Gasteiger partial charge in [0.2, 0.25) is 0 Å². The molecule has 1 saturated carbocycles. The fourth-order valence-electron chi connectivity index (χ4n) is 2.21. The standard InChI is InChI=1S/C12H25NOS/c1-9(14)10(2)15-8-12(13-3)11-6-4-5-7-11/h9-14H,4-8H2,1-3H3. The molecule has 0 spiro atoms. The average Bonchev–Trinajstić information content (AvgIpc) is 2.71. The van der Waals surface area contributed by atoms with Gasteiger partial charge in [0.1, 0.15) is 0 Å². The summed E-state index contributed by atoms with van der Waals surface area (Å²) in [7, 11) is 2.07. The molecule has 2 N–H and O–H groups in total. The van der Waals surface area contributed by atoms with Crippen molar-refractivity contribution in [3.8, 4) is 0 Å².